The van der Waals surface area contributed by atoms with E-state index in [-0.39, 0.29) is 5.38 Å². The fourth-order valence-corrected chi connectivity index (χ4v) is 1.91. The molecule has 1 aromatic carbocycles. The van der Waals surface area contributed by atoms with E-state index in [0.29, 0.717) is 0 Å². The lowest BCUT2D eigenvalue weighted by atomic mass is 10.0. The number of anilines is 1. The normalized spacial score (nSPS) is 17.9. The molecule has 0 aromatic heterocycles. The van der Waals surface area contributed by atoms with Crippen LogP contribution in [-0.2, 0) is 0 Å². The second kappa shape index (κ2) is 4.03. The van der Waals surface area contributed by atoms with Crippen LogP contribution in [0.15, 0.2) is 24.4 Å². The van der Waals surface area contributed by atoms with Crippen LogP contribution < -0.4 is 14.8 Å². The molecule has 0 spiro atoms. The van der Waals surface area contributed by atoms with Gasteiger partial charge in [0.25, 0.3) is 0 Å². The molecule has 80 valence electrons. The third kappa shape index (κ3) is 1.75. The van der Waals surface area contributed by atoms with Gasteiger partial charge in [-0.05, 0) is 12.3 Å². The Bertz CT molecular complexity index is 404. The number of rotatable bonds is 2. The molecule has 0 fully saturated rings. The quantitative estimate of drug-likeness (QED) is 0.785. The third-order valence-corrected chi connectivity index (χ3v) is 2.71. The Morgan fingerprint density at radius 3 is 2.73 bits per heavy atom. The first-order chi connectivity index (χ1) is 7.26. The van der Waals surface area contributed by atoms with Gasteiger partial charge in [0.2, 0.25) is 0 Å². The minimum Gasteiger partial charge on any atom is -0.497 e. The zero-order valence-corrected chi connectivity index (χ0v) is 9.34. The summed E-state index contributed by atoms with van der Waals surface area (Å²) in [6.07, 6.45) is 3.69. The topological polar surface area (TPSA) is 30.5 Å². The van der Waals surface area contributed by atoms with Crippen molar-refractivity contribution in [1.29, 1.82) is 0 Å². The molecule has 1 N–H and O–H groups in total. The highest BCUT2D eigenvalue weighted by atomic mass is 35.5. The molecule has 0 aliphatic carbocycles. The number of halogens is 1. The molecule has 1 aliphatic heterocycles. The van der Waals surface area contributed by atoms with E-state index < -0.39 is 0 Å². The van der Waals surface area contributed by atoms with Crippen molar-refractivity contribution in [2.75, 3.05) is 19.5 Å². The van der Waals surface area contributed by atoms with Crippen LogP contribution in [0.25, 0.3) is 0 Å². The maximum atomic E-state index is 6.18. The first-order valence-electron chi connectivity index (χ1n) is 4.59. The minimum atomic E-state index is -0.165. The van der Waals surface area contributed by atoms with Gasteiger partial charge >= 0.3 is 0 Å². The van der Waals surface area contributed by atoms with Crippen LogP contribution >= 0.6 is 11.6 Å². The number of hydrogen-bond acceptors (Lipinski definition) is 3. The van der Waals surface area contributed by atoms with Gasteiger partial charge in [-0.3, -0.25) is 0 Å². The Hall–Kier alpha value is -1.35. The fourth-order valence-electron chi connectivity index (χ4n) is 1.61. The van der Waals surface area contributed by atoms with Crippen LogP contribution in [0.2, 0.25) is 0 Å². The third-order valence-electron chi connectivity index (χ3n) is 2.35. The van der Waals surface area contributed by atoms with E-state index in [1.54, 1.807) is 14.2 Å². The summed E-state index contributed by atoms with van der Waals surface area (Å²) in [4.78, 5) is 0. The average Bonchev–Trinajstić information content (AvgIpc) is 2.27. The SMILES string of the molecule is COc1cc2c(c(OC)c1)C(Cl)C=CN2. The van der Waals surface area contributed by atoms with E-state index in [1.165, 1.54) is 0 Å². The molecule has 0 bridgehead atoms. The van der Waals surface area contributed by atoms with Crippen LogP contribution in [-0.4, -0.2) is 14.2 Å². The van der Waals surface area contributed by atoms with Gasteiger partial charge in [-0.25, -0.2) is 0 Å². The number of nitrogens with one attached hydrogen (secondary N) is 1. The van der Waals surface area contributed by atoms with Gasteiger partial charge < -0.3 is 14.8 Å². The highest BCUT2D eigenvalue weighted by molar-refractivity contribution is 6.23. The zero-order chi connectivity index (χ0) is 10.8. The Labute approximate surface area is 93.6 Å². The highest BCUT2D eigenvalue weighted by Gasteiger charge is 2.20. The number of alkyl halides is 1. The standard InChI is InChI=1S/C11H12ClNO2/c1-14-7-5-9-11(10(6-7)15-2)8(12)3-4-13-9/h3-6,8,13H,1-2H3. The van der Waals surface area contributed by atoms with Crippen LogP contribution in [0, 0.1) is 0 Å². The molecule has 1 unspecified atom stereocenters. The predicted molar refractivity (Wildman–Crippen MR) is 60.9 cm³/mol. The first kappa shape index (κ1) is 10.2. The second-order valence-electron chi connectivity index (χ2n) is 3.20. The lowest BCUT2D eigenvalue weighted by Gasteiger charge is -2.20. The van der Waals surface area contributed by atoms with E-state index in [4.69, 9.17) is 21.1 Å². The molecule has 1 aliphatic rings. The lowest BCUT2D eigenvalue weighted by Crippen LogP contribution is -2.05. The van der Waals surface area contributed by atoms with E-state index in [0.717, 1.165) is 22.7 Å². The zero-order valence-electron chi connectivity index (χ0n) is 8.58. The number of hydrogen-bond donors (Lipinski definition) is 1. The maximum absolute atomic E-state index is 6.18. The summed E-state index contributed by atoms with van der Waals surface area (Å²) in [5, 5.41) is 2.95. The average molecular weight is 226 g/mol. The number of ether oxygens (including phenoxy) is 2. The maximum Gasteiger partial charge on any atom is 0.129 e. The van der Waals surface area contributed by atoms with Gasteiger partial charge in [0.15, 0.2) is 0 Å². The van der Waals surface area contributed by atoms with Gasteiger partial charge in [0, 0.05) is 17.7 Å². The van der Waals surface area contributed by atoms with E-state index in [2.05, 4.69) is 5.32 Å². The summed E-state index contributed by atoms with van der Waals surface area (Å²) in [6.45, 7) is 0. The van der Waals surface area contributed by atoms with Gasteiger partial charge in [-0.1, -0.05) is 0 Å². The summed E-state index contributed by atoms with van der Waals surface area (Å²) in [5.41, 5.74) is 1.87. The van der Waals surface area contributed by atoms with Crippen molar-refractivity contribution < 1.29 is 9.47 Å². The summed E-state index contributed by atoms with van der Waals surface area (Å²) >= 11 is 6.18. The fraction of sp³-hybridized carbons (Fsp3) is 0.273. The first-order valence-corrected chi connectivity index (χ1v) is 5.03. The molecular weight excluding hydrogens is 214 g/mol. The number of benzene rings is 1. The Balaban J connectivity index is 2.55. The Morgan fingerprint density at radius 2 is 2.07 bits per heavy atom. The molecule has 15 heavy (non-hydrogen) atoms. The summed E-state index contributed by atoms with van der Waals surface area (Å²) in [5.74, 6) is 1.48. The molecule has 1 aromatic rings. The van der Waals surface area contributed by atoms with Crippen molar-refractivity contribution in [2.45, 2.75) is 5.38 Å². The summed E-state index contributed by atoms with van der Waals surface area (Å²) < 4.78 is 10.5. The summed E-state index contributed by atoms with van der Waals surface area (Å²) in [6, 6.07) is 3.73. The van der Waals surface area contributed by atoms with E-state index >= 15 is 0 Å². The molecule has 0 saturated carbocycles. The lowest BCUT2D eigenvalue weighted by molar-refractivity contribution is 0.392. The van der Waals surface area contributed by atoms with E-state index in [9.17, 15) is 0 Å². The molecule has 0 saturated heterocycles. The molecule has 0 amide bonds. The summed E-state index contributed by atoms with van der Waals surface area (Å²) in [7, 11) is 3.25. The Kier molecular flexibility index (Phi) is 2.73. The van der Waals surface area contributed by atoms with Crippen molar-refractivity contribution in [3.05, 3.63) is 30.0 Å². The largest absolute Gasteiger partial charge is 0.497 e. The van der Waals surface area contributed by atoms with Crippen molar-refractivity contribution in [2.24, 2.45) is 0 Å². The van der Waals surface area contributed by atoms with Crippen molar-refractivity contribution in [1.82, 2.24) is 0 Å². The molecule has 2 rings (SSSR count). The number of fused-ring (bicyclic) bond motifs is 1. The molecule has 0 radical (unpaired) electrons. The smallest absolute Gasteiger partial charge is 0.129 e. The minimum absolute atomic E-state index is 0.165. The van der Waals surface area contributed by atoms with Crippen molar-refractivity contribution in [3.8, 4) is 11.5 Å². The molecule has 1 atom stereocenters. The molecule has 3 nitrogen and oxygen atoms in total. The van der Waals surface area contributed by atoms with Crippen molar-refractivity contribution >= 4 is 17.3 Å². The van der Waals surface area contributed by atoms with Crippen LogP contribution in [0.4, 0.5) is 5.69 Å². The molecule has 4 heteroatoms. The number of methoxy groups -OCH3 is 2. The van der Waals surface area contributed by atoms with Crippen LogP contribution in [0.3, 0.4) is 0 Å². The Morgan fingerprint density at radius 1 is 1.27 bits per heavy atom. The van der Waals surface area contributed by atoms with Gasteiger partial charge in [0.1, 0.15) is 11.5 Å². The van der Waals surface area contributed by atoms with Crippen LogP contribution in [0.5, 0.6) is 11.5 Å². The van der Waals surface area contributed by atoms with Crippen LogP contribution in [0.1, 0.15) is 10.9 Å². The molecular formula is C11H12ClNO2. The molecule has 1 heterocycles. The van der Waals surface area contributed by atoms with Gasteiger partial charge in [-0.2, -0.15) is 0 Å². The highest BCUT2D eigenvalue weighted by Crippen LogP contribution is 2.41. The van der Waals surface area contributed by atoms with E-state index in [1.807, 2.05) is 24.4 Å². The second-order valence-corrected chi connectivity index (χ2v) is 3.67. The van der Waals surface area contributed by atoms with Gasteiger partial charge in [0.05, 0.1) is 25.3 Å². The monoisotopic (exact) mass is 225 g/mol. The predicted octanol–water partition coefficient (Wildman–Crippen LogP) is 2.92. The number of allylic oxidation sites excluding steroid dienone is 1. The van der Waals surface area contributed by atoms with Gasteiger partial charge in [-0.15, -0.1) is 11.6 Å². The van der Waals surface area contributed by atoms with Crippen molar-refractivity contribution in [3.63, 3.8) is 0 Å².